The normalized spacial score (nSPS) is 19.5. The highest BCUT2D eigenvalue weighted by molar-refractivity contribution is 5.74. The Balaban J connectivity index is 1.54. The van der Waals surface area contributed by atoms with E-state index in [1.165, 1.54) is 0 Å². The first-order valence-electron chi connectivity index (χ1n) is 7.98. The van der Waals surface area contributed by atoms with E-state index in [0.717, 1.165) is 26.3 Å². The van der Waals surface area contributed by atoms with Gasteiger partial charge in [-0.25, -0.2) is 9.78 Å². The molecule has 2 amide bonds. The molecule has 1 aromatic rings. The Bertz CT molecular complexity index is 638. The van der Waals surface area contributed by atoms with Gasteiger partial charge in [0.1, 0.15) is 5.82 Å². The zero-order chi connectivity index (χ0) is 16.4. The van der Waals surface area contributed by atoms with Gasteiger partial charge in [0.2, 0.25) is 0 Å². The highest BCUT2D eigenvalue weighted by Gasteiger charge is 2.27. The number of aryl methyl sites for hydroxylation is 1. The second kappa shape index (κ2) is 6.67. The van der Waals surface area contributed by atoms with Gasteiger partial charge >= 0.3 is 6.03 Å². The number of aromatic amines is 1. The van der Waals surface area contributed by atoms with Crippen LogP contribution in [0.5, 0.6) is 0 Å². The molecule has 0 saturated carbocycles. The van der Waals surface area contributed by atoms with E-state index in [1.807, 2.05) is 0 Å². The molecule has 0 aromatic carbocycles. The van der Waals surface area contributed by atoms with E-state index in [4.69, 9.17) is 4.74 Å². The van der Waals surface area contributed by atoms with Crippen LogP contribution in [0.25, 0.3) is 0 Å². The molecule has 8 nitrogen and oxygen atoms in total. The van der Waals surface area contributed by atoms with Crippen LogP contribution < -0.4 is 10.9 Å². The van der Waals surface area contributed by atoms with E-state index in [9.17, 15) is 9.59 Å². The van der Waals surface area contributed by atoms with Crippen molar-refractivity contribution in [3.63, 3.8) is 0 Å². The molecule has 3 heterocycles. The van der Waals surface area contributed by atoms with Crippen LogP contribution >= 0.6 is 0 Å². The number of H-pyrrole nitrogens is 1. The lowest BCUT2D eigenvalue weighted by molar-refractivity contribution is 0.0206. The molecule has 126 valence electrons. The monoisotopic (exact) mass is 321 g/mol. The number of nitrogens with zero attached hydrogens (tertiary/aromatic N) is 3. The minimum atomic E-state index is -0.153. The third-order valence-corrected chi connectivity index (χ3v) is 4.41. The van der Waals surface area contributed by atoms with Crippen molar-refractivity contribution in [2.45, 2.75) is 33.0 Å². The van der Waals surface area contributed by atoms with E-state index >= 15 is 0 Å². The molecule has 23 heavy (non-hydrogen) atoms. The number of rotatable bonds is 3. The summed E-state index contributed by atoms with van der Waals surface area (Å²) in [6.07, 6.45) is 0. The third kappa shape index (κ3) is 3.53. The average Bonchev–Trinajstić information content (AvgIpc) is 2.97. The number of amides is 2. The summed E-state index contributed by atoms with van der Waals surface area (Å²) in [5.74, 6) is 0.581. The van der Waals surface area contributed by atoms with E-state index in [2.05, 4.69) is 27.1 Å². The molecule has 2 N–H and O–H groups in total. The zero-order valence-electron chi connectivity index (χ0n) is 13.6. The third-order valence-electron chi connectivity index (χ3n) is 4.41. The average molecular weight is 321 g/mol. The molecule has 1 unspecified atom stereocenters. The minimum absolute atomic E-state index is 0.149. The molecule has 0 bridgehead atoms. The summed E-state index contributed by atoms with van der Waals surface area (Å²) in [7, 11) is 0. The minimum Gasteiger partial charge on any atom is -0.379 e. The molecule has 3 rings (SSSR count). The molecule has 1 saturated heterocycles. The predicted molar refractivity (Wildman–Crippen MR) is 84.1 cm³/mol. The highest BCUT2D eigenvalue weighted by Crippen LogP contribution is 2.17. The number of ether oxygens (including phenoxy) is 1. The zero-order valence-corrected chi connectivity index (χ0v) is 13.6. The lowest BCUT2D eigenvalue weighted by atomic mass is 10.2. The van der Waals surface area contributed by atoms with E-state index < -0.39 is 0 Å². The van der Waals surface area contributed by atoms with Gasteiger partial charge in [-0.05, 0) is 13.8 Å². The maximum absolute atomic E-state index is 12.3. The summed E-state index contributed by atoms with van der Waals surface area (Å²) in [5, 5.41) is 2.96. The van der Waals surface area contributed by atoms with Gasteiger partial charge in [-0.1, -0.05) is 0 Å². The first-order valence-corrected chi connectivity index (χ1v) is 7.98. The van der Waals surface area contributed by atoms with Gasteiger partial charge in [0.25, 0.3) is 5.56 Å². The fraction of sp³-hybridized carbons (Fsp3) is 0.667. The quantitative estimate of drug-likeness (QED) is 0.806. The van der Waals surface area contributed by atoms with Crippen molar-refractivity contribution >= 4 is 6.03 Å². The van der Waals surface area contributed by atoms with E-state index in [-0.39, 0.29) is 17.6 Å². The Morgan fingerprint density at radius 3 is 2.87 bits per heavy atom. The Kier molecular flexibility index (Phi) is 4.63. The highest BCUT2D eigenvalue weighted by atomic mass is 16.5. The summed E-state index contributed by atoms with van der Waals surface area (Å²) in [6, 6.07) is 0.108. The van der Waals surface area contributed by atoms with Crippen LogP contribution in [0.15, 0.2) is 4.79 Å². The summed E-state index contributed by atoms with van der Waals surface area (Å²) in [6.45, 7) is 8.40. The van der Waals surface area contributed by atoms with E-state index in [1.54, 1.807) is 11.8 Å². The van der Waals surface area contributed by atoms with Gasteiger partial charge in [-0.2, -0.15) is 0 Å². The molecular formula is C15H23N5O3. The Hall–Kier alpha value is -1.93. The first kappa shape index (κ1) is 15.9. The van der Waals surface area contributed by atoms with Crippen LogP contribution in [-0.4, -0.2) is 64.7 Å². The molecule has 0 aliphatic carbocycles. The summed E-state index contributed by atoms with van der Waals surface area (Å²) < 4.78 is 5.34. The van der Waals surface area contributed by atoms with Crippen molar-refractivity contribution in [3.8, 4) is 0 Å². The molecule has 1 fully saturated rings. The number of carbonyl (C=O) groups excluding carboxylic acids is 1. The molecule has 1 atom stereocenters. The van der Waals surface area contributed by atoms with Gasteiger partial charge in [-0.15, -0.1) is 0 Å². The maximum atomic E-state index is 12.3. The molecule has 8 heteroatoms. The second-order valence-corrected chi connectivity index (χ2v) is 6.12. The molecule has 2 aliphatic rings. The number of morpholine rings is 1. The van der Waals surface area contributed by atoms with Gasteiger partial charge in [-0.3, -0.25) is 9.69 Å². The lowest BCUT2D eigenvalue weighted by Gasteiger charge is -2.32. The Morgan fingerprint density at radius 2 is 2.13 bits per heavy atom. The van der Waals surface area contributed by atoms with Crippen LogP contribution in [0, 0.1) is 6.92 Å². The topological polar surface area (TPSA) is 90.6 Å². The lowest BCUT2D eigenvalue weighted by Crippen LogP contribution is -2.49. The summed E-state index contributed by atoms with van der Waals surface area (Å²) in [4.78, 5) is 35.2. The largest absolute Gasteiger partial charge is 0.379 e. The number of hydrogen-bond donors (Lipinski definition) is 2. The van der Waals surface area contributed by atoms with Gasteiger partial charge < -0.3 is 19.9 Å². The number of nitrogens with one attached hydrogen (secondary N) is 2. The standard InChI is InChI=1S/C15H23N5O3/c1-10(19-3-5-23-6-4-19)7-16-15(22)20-8-12-13(9-20)17-11(2)18-14(12)21/h10H,3-9H2,1-2H3,(H,16,22)(H,17,18,21). The van der Waals surface area contributed by atoms with Crippen molar-refractivity contribution < 1.29 is 9.53 Å². The van der Waals surface area contributed by atoms with Crippen LogP contribution in [0.4, 0.5) is 4.79 Å². The molecule has 0 radical (unpaired) electrons. The smallest absolute Gasteiger partial charge is 0.318 e. The Labute approximate surface area is 134 Å². The summed E-state index contributed by atoms with van der Waals surface area (Å²) in [5.41, 5.74) is 1.14. The maximum Gasteiger partial charge on any atom is 0.318 e. The number of hydrogen-bond acceptors (Lipinski definition) is 5. The predicted octanol–water partition coefficient (Wildman–Crippen LogP) is -0.176. The van der Waals surface area contributed by atoms with Crippen molar-refractivity contribution in [2.24, 2.45) is 0 Å². The SMILES string of the molecule is Cc1nc2c(c(=O)[nH]1)CN(C(=O)NCC(C)N1CCOCC1)C2. The van der Waals surface area contributed by atoms with Gasteiger partial charge in [0, 0.05) is 25.7 Å². The van der Waals surface area contributed by atoms with Crippen LogP contribution in [0.1, 0.15) is 24.0 Å². The molecule has 1 aromatic heterocycles. The van der Waals surface area contributed by atoms with Crippen molar-refractivity contribution in [3.05, 3.63) is 27.4 Å². The number of urea groups is 1. The first-order chi connectivity index (χ1) is 11.0. The Morgan fingerprint density at radius 1 is 1.39 bits per heavy atom. The summed E-state index contributed by atoms with van der Waals surface area (Å²) >= 11 is 0. The molecule has 2 aliphatic heterocycles. The van der Waals surface area contributed by atoms with Crippen molar-refractivity contribution in [1.29, 1.82) is 0 Å². The number of carbonyl (C=O) groups is 1. The van der Waals surface area contributed by atoms with Gasteiger partial charge in [0.15, 0.2) is 0 Å². The van der Waals surface area contributed by atoms with Crippen molar-refractivity contribution in [1.82, 2.24) is 25.1 Å². The number of aromatic nitrogens is 2. The molecule has 0 spiro atoms. The van der Waals surface area contributed by atoms with Crippen molar-refractivity contribution in [2.75, 3.05) is 32.8 Å². The fourth-order valence-electron chi connectivity index (χ4n) is 3.03. The van der Waals surface area contributed by atoms with Gasteiger partial charge in [0.05, 0.1) is 37.6 Å². The fourth-order valence-corrected chi connectivity index (χ4v) is 3.03. The van der Waals surface area contributed by atoms with E-state index in [0.29, 0.717) is 36.7 Å². The van der Waals surface area contributed by atoms with Crippen LogP contribution in [-0.2, 0) is 17.8 Å². The number of fused-ring (bicyclic) bond motifs is 1. The molecular weight excluding hydrogens is 298 g/mol. The van der Waals surface area contributed by atoms with Crippen LogP contribution in [0.2, 0.25) is 0 Å². The second-order valence-electron chi connectivity index (χ2n) is 6.12. The van der Waals surface area contributed by atoms with Crippen LogP contribution in [0.3, 0.4) is 0 Å².